The van der Waals surface area contributed by atoms with Crippen molar-refractivity contribution in [1.29, 1.82) is 0 Å². The molecule has 5 heteroatoms. The summed E-state index contributed by atoms with van der Waals surface area (Å²) in [6.45, 7) is 6.78. The molecule has 19 heavy (non-hydrogen) atoms. The standard InChI is InChI=1S/C14H23N3O2/c1-14(2,3)12(5-7-15)17-13(18)10-6-8-16-9-11(10)19-4/h6,8-9,12H,5,7,15H2,1-4H3,(H,17,18). The van der Waals surface area contributed by atoms with Crippen LogP contribution >= 0.6 is 0 Å². The van der Waals surface area contributed by atoms with Gasteiger partial charge < -0.3 is 15.8 Å². The summed E-state index contributed by atoms with van der Waals surface area (Å²) < 4.78 is 5.15. The predicted molar refractivity (Wildman–Crippen MR) is 75.2 cm³/mol. The van der Waals surface area contributed by atoms with Gasteiger partial charge in [0.1, 0.15) is 5.75 Å². The van der Waals surface area contributed by atoms with Crippen molar-refractivity contribution in [2.24, 2.45) is 11.1 Å². The van der Waals surface area contributed by atoms with Crippen LogP contribution in [0.5, 0.6) is 5.75 Å². The van der Waals surface area contributed by atoms with Gasteiger partial charge in [-0.2, -0.15) is 0 Å². The fourth-order valence-electron chi connectivity index (χ4n) is 1.85. The van der Waals surface area contributed by atoms with Gasteiger partial charge in [0, 0.05) is 12.2 Å². The number of rotatable bonds is 5. The summed E-state index contributed by atoms with van der Waals surface area (Å²) in [4.78, 5) is 16.2. The van der Waals surface area contributed by atoms with Gasteiger partial charge in [-0.25, -0.2) is 0 Å². The third-order valence-electron chi connectivity index (χ3n) is 3.06. The Hall–Kier alpha value is -1.62. The van der Waals surface area contributed by atoms with Crippen LogP contribution in [-0.2, 0) is 0 Å². The number of pyridine rings is 1. The maximum absolute atomic E-state index is 12.3. The number of aromatic nitrogens is 1. The first-order valence-electron chi connectivity index (χ1n) is 6.39. The Morgan fingerprint density at radius 2 is 2.21 bits per heavy atom. The van der Waals surface area contributed by atoms with E-state index in [1.165, 1.54) is 13.3 Å². The van der Waals surface area contributed by atoms with E-state index in [4.69, 9.17) is 10.5 Å². The molecule has 0 aliphatic carbocycles. The van der Waals surface area contributed by atoms with E-state index in [0.717, 1.165) is 6.42 Å². The minimum absolute atomic E-state index is 0.0165. The molecule has 5 nitrogen and oxygen atoms in total. The number of amides is 1. The highest BCUT2D eigenvalue weighted by atomic mass is 16.5. The zero-order valence-electron chi connectivity index (χ0n) is 12.1. The molecule has 1 heterocycles. The monoisotopic (exact) mass is 265 g/mol. The number of carbonyl (C=O) groups excluding carboxylic acids is 1. The van der Waals surface area contributed by atoms with Crippen LogP contribution in [0.25, 0.3) is 0 Å². The number of hydrogen-bond donors (Lipinski definition) is 2. The van der Waals surface area contributed by atoms with Crippen LogP contribution in [0, 0.1) is 5.41 Å². The van der Waals surface area contributed by atoms with E-state index < -0.39 is 0 Å². The van der Waals surface area contributed by atoms with Gasteiger partial charge in [-0.1, -0.05) is 20.8 Å². The van der Waals surface area contributed by atoms with Crippen LogP contribution in [0.1, 0.15) is 37.6 Å². The van der Waals surface area contributed by atoms with Gasteiger partial charge in [-0.3, -0.25) is 9.78 Å². The van der Waals surface area contributed by atoms with Gasteiger partial charge in [-0.05, 0) is 24.4 Å². The summed E-state index contributed by atoms with van der Waals surface area (Å²) in [5.41, 5.74) is 6.05. The zero-order valence-corrected chi connectivity index (χ0v) is 12.1. The summed E-state index contributed by atoms with van der Waals surface area (Å²) >= 11 is 0. The number of nitrogens with one attached hydrogen (secondary N) is 1. The summed E-state index contributed by atoms with van der Waals surface area (Å²) in [7, 11) is 1.52. The first-order valence-corrected chi connectivity index (χ1v) is 6.39. The first-order chi connectivity index (χ1) is 8.90. The average molecular weight is 265 g/mol. The molecule has 1 unspecified atom stereocenters. The third-order valence-corrected chi connectivity index (χ3v) is 3.06. The van der Waals surface area contributed by atoms with Crippen molar-refractivity contribution in [2.45, 2.75) is 33.2 Å². The smallest absolute Gasteiger partial charge is 0.255 e. The lowest BCUT2D eigenvalue weighted by molar-refractivity contribution is 0.0895. The number of nitrogens with two attached hydrogens (primary N) is 1. The van der Waals surface area contributed by atoms with Crippen LogP contribution in [0.4, 0.5) is 0 Å². The largest absolute Gasteiger partial charge is 0.494 e. The molecule has 0 saturated heterocycles. The SMILES string of the molecule is COc1cnccc1C(=O)NC(CCN)C(C)(C)C. The highest BCUT2D eigenvalue weighted by Gasteiger charge is 2.26. The Balaban J connectivity index is 2.88. The number of ether oxygens (including phenoxy) is 1. The molecular formula is C14H23N3O2. The van der Waals surface area contributed by atoms with E-state index >= 15 is 0 Å². The second-order valence-electron chi connectivity index (χ2n) is 5.55. The van der Waals surface area contributed by atoms with Crippen LogP contribution in [0.15, 0.2) is 18.5 Å². The lowest BCUT2D eigenvalue weighted by Crippen LogP contribution is -2.45. The molecule has 0 fully saturated rings. The van der Waals surface area contributed by atoms with E-state index in [-0.39, 0.29) is 17.4 Å². The molecule has 106 valence electrons. The van der Waals surface area contributed by atoms with E-state index in [1.54, 1.807) is 12.3 Å². The molecule has 0 aromatic carbocycles. The molecule has 0 radical (unpaired) electrons. The summed E-state index contributed by atoms with van der Waals surface area (Å²) in [5.74, 6) is 0.313. The lowest BCUT2D eigenvalue weighted by atomic mass is 9.84. The Bertz CT molecular complexity index is 427. The summed E-state index contributed by atoms with van der Waals surface area (Å²) in [6.07, 6.45) is 3.85. The van der Waals surface area contributed by atoms with E-state index in [1.807, 2.05) is 0 Å². The summed E-state index contributed by atoms with van der Waals surface area (Å²) in [6, 6.07) is 1.67. The van der Waals surface area contributed by atoms with Gasteiger partial charge in [0.2, 0.25) is 0 Å². The van der Waals surface area contributed by atoms with Gasteiger partial charge in [0.05, 0.1) is 18.9 Å². The Morgan fingerprint density at radius 1 is 1.53 bits per heavy atom. The van der Waals surface area contributed by atoms with Crippen LogP contribution in [0.2, 0.25) is 0 Å². The highest BCUT2D eigenvalue weighted by molar-refractivity contribution is 5.96. The van der Waals surface area contributed by atoms with Crippen LogP contribution < -0.4 is 15.8 Å². The Labute approximate surface area is 114 Å². The van der Waals surface area contributed by atoms with E-state index in [9.17, 15) is 4.79 Å². The van der Waals surface area contributed by atoms with Gasteiger partial charge in [0.25, 0.3) is 5.91 Å². The average Bonchev–Trinajstić information content (AvgIpc) is 2.37. The maximum Gasteiger partial charge on any atom is 0.255 e. The Kier molecular flexibility index (Phi) is 5.30. The van der Waals surface area contributed by atoms with Crippen molar-refractivity contribution < 1.29 is 9.53 Å². The number of methoxy groups -OCH3 is 1. The number of hydrogen-bond acceptors (Lipinski definition) is 4. The lowest BCUT2D eigenvalue weighted by Gasteiger charge is -2.31. The molecule has 0 bridgehead atoms. The van der Waals surface area contributed by atoms with Gasteiger partial charge >= 0.3 is 0 Å². The fraction of sp³-hybridized carbons (Fsp3) is 0.571. The first kappa shape index (κ1) is 15.4. The third kappa shape index (κ3) is 4.21. The van der Waals surface area contributed by atoms with E-state index in [2.05, 4.69) is 31.1 Å². The summed E-state index contributed by atoms with van der Waals surface area (Å²) in [5, 5.41) is 3.02. The molecule has 1 atom stereocenters. The maximum atomic E-state index is 12.3. The molecule has 0 spiro atoms. The van der Waals surface area contributed by atoms with Crippen molar-refractivity contribution in [3.8, 4) is 5.75 Å². The molecule has 1 amide bonds. The molecular weight excluding hydrogens is 242 g/mol. The second-order valence-corrected chi connectivity index (χ2v) is 5.55. The van der Waals surface area contributed by atoms with E-state index in [0.29, 0.717) is 17.9 Å². The van der Waals surface area contributed by atoms with Crippen molar-refractivity contribution in [1.82, 2.24) is 10.3 Å². The van der Waals surface area contributed by atoms with Gasteiger partial charge in [-0.15, -0.1) is 0 Å². The van der Waals surface area contributed by atoms with Crippen LogP contribution in [-0.4, -0.2) is 30.6 Å². The predicted octanol–water partition coefficient (Wildman–Crippen LogP) is 1.58. The fourth-order valence-corrected chi connectivity index (χ4v) is 1.85. The minimum atomic E-state index is -0.160. The van der Waals surface area contributed by atoms with Crippen molar-refractivity contribution in [2.75, 3.05) is 13.7 Å². The van der Waals surface area contributed by atoms with Gasteiger partial charge in [0.15, 0.2) is 0 Å². The highest BCUT2D eigenvalue weighted by Crippen LogP contribution is 2.23. The molecule has 0 aliphatic heterocycles. The molecule has 0 saturated carbocycles. The van der Waals surface area contributed by atoms with Crippen molar-refractivity contribution >= 4 is 5.91 Å². The second kappa shape index (κ2) is 6.52. The molecule has 1 aromatic rings. The molecule has 0 aliphatic rings. The van der Waals surface area contributed by atoms with Crippen molar-refractivity contribution in [3.63, 3.8) is 0 Å². The zero-order chi connectivity index (χ0) is 14.5. The number of carbonyl (C=O) groups is 1. The molecule has 3 N–H and O–H groups in total. The minimum Gasteiger partial charge on any atom is -0.494 e. The number of nitrogens with zero attached hydrogens (tertiary/aromatic N) is 1. The molecule has 1 rings (SSSR count). The Morgan fingerprint density at radius 3 is 2.74 bits per heavy atom. The van der Waals surface area contributed by atoms with Crippen LogP contribution in [0.3, 0.4) is 0 Å². The topological polar surface area (TPSA) is 77.2 Å². The molecule has 1 aromatic heterocycles. The van der Waals surface area contributed by atoms with Crippen molar-refractivity contribution in [3.05, 3.63) is 24.0 Å². The quantitative estimate of drug-likeness (QED) is 0.847. The normalized spacial score (nSPS) is 12.9.